The van der Waals surface area contributed by atoms with Gasteiger partial charge in [0.05, 0.1) is 17.3 Å². The molecule has 160 valence electrons. The van der Waals surface area contributed by atoms with Gasteiger partial charge in [-0.05, 0) is 43.7 Å². The van der Waals surface area contributed by atoms with E-state index in [-0.39, 0.29) is 29.7 Å². The van der Waals surface area contributed by atoms with E-state index in [2.05, 4.69) is 20.3 Å². The second-order valence-corrected chi connectivity index (χ2v) is 9.43. The van der Waals surface area contributed by atoms with Crippen LogP contribution in [0.3, 0.4) is 0 Å². The molecule has 31 heavy (non-hydrogen) atoms. The molecule has 10 heteroatoms. The highest BCUT2D eigenvalue weighted by atomic mass is 19.1. The van der Waals surface area contributed by atoms with Crippen molar-refractivity contribution in [1.82, 2.24) is 20.2 Å². The van der Waals surface area contributed by atoms with Gasteiger partial charge in [0, 0.05) is 18.3 Å². The third-order valence-electron chi connectivity index (χ3n) is 7.59. The van der Waals surface area contributed by atoms with E-state index in [9.17, 15) is 9.18 Å². The number of amides is 1. The van der Waals surface area contributed by atoms with E-state index < -0.39 is 17.6 Å². The zero-order valence-electron chi connectivity index (χ0n) is 16.8. The Hall–Kier alpha value is -3.17. The van der Waals surface area contributed by atoms with Gasteiger partial charge in [-0.1, -0.05) is 0 Å². The van der Waals surface area contributed by atoms with Crippen molar-refractivity contribution in [2.45, 2.75) is 42.9 Å². The highest BCUT2D eigenvalue weighted by Gasteiger charge is 2.65. The van der Waals surface area contributed by atoms with Crippen LogP contribution in [0.5, 0.6) is 5.88 Å². The largest absolute Gasteiger partial charge is 0.475 e. The number of amidine groups is 2. The van der Waals surface area contributed by atoms with E-state index in [1.54, 1.807) is 11.1 Å². The van der Waals surface area contributed by atoms with Crippen molar-refractivity contribution in [3.8, 4) is 5.88 Å². The molecule has 4 aliphatic heterocycles. The minimum atomic E-state index is -0.662. The molecule has 2 bridgehead atoms. The fourth-order valence-electron chi connectivity index (χ4n) is 5.69. The molecule has 4 atom stereocenters. The van der Waals surface area contributed by atoms with Crippen molar-refractivity contribution in [2.24, 2.45) is 27.7 Å². The molecular weight excluding hydrogens is 401 g/mol. The van der Waals surface area contributed by atoms with Crippen LogP contribution in [0.25, 0.3) is 0 Å². The van der Waals surface area contributed by atoms with Crippen molar-refractivity contribution in [2.75, 3.05) is 13.2 Å². The van der Waals surface area contributed by atoms with Gasteiger partial charge < -0.3 is 20.7 Å². The lowest BCUT2D eigenvalue weighted by Crippen LogP contribution is -2.50. The summed E-state index contributed by atoms with van der Waals surface area (Å²) in [5.41, 5.74) is 6.10. The Balaban J connectivity index is 1.39. The zero-order chi connectivity index (χ0) is 21.0. The molecule has 1 saturated heterocycles. The van der Waals surface area contributed by atoms with Gasteiger partial charge in [-0.15, -0.1) is 0 Å². The van der Waals surface area contributed by atoms with Gasteiger partial charge in [0.1, 0.15) is 30.0 Å². The number of hydrazone groups is 1. The van der Waals surface area contributed by atoms with E-state index >= 15 is 0 Å². The summed E-state index contributed by atoms with van der Waals surface area (Å²) in [7, 11) is 0. The number of aromatic nitrogens is 1. The number of ether oxygens (including phenoxy) is 1. The van der Waals surface area contributed by atoms with Crippen LogP contribution in [0.2, 0.25) is 0 Å². The van der Waals surface area contributed by atoms with Crippen LogP contribution in [-0.2, 0) is 10.3 Å². The summed E-state index contributed by atoms with van der Waals surface area (Å²) in [6.07, 6.45) is 7.90. The molecule has 2 spiro atoms. The van der Waals surface area contributed by atoms with Crippen LogP contribution in [0.4, 0.5) is 4.39 Å². The molecule has 1 aromatic rings. The highest BCUT2D eigenvalue weighted by molar-refractivity contribution is 6.05. The third kappa shape index (κ3) is 2.30. The minimum absolute atomic E-state index is 0.194. The van der Waals surface area contributed by atoms with Crippen LogP contribution in [0, 0.1) is 17.7 Å². The Morgan fingerprint density at radius 2 is 2.23 bits per heavy atom. The number of fused-ring (bicyclic) bond motifs is 2. The molecule has 2 saturated carbocycles. The molecule has 3 N–H and O–H groups in total. The zero-order valence-corrected chi connectivity index (χ0v) is 16.8. The average Bonchev–Trinajstić information content (AvgIpc) is 3.61. The van der Waals surface area contributed by atoms with Gasteiger partial charge in [-0.3, -0.25) is 4.79 Å². The van der Waals surface area contributed by atoms with Crippen LogP contribution < -0.4 is 15.8 Å². The predicted octanol–water partition coefficient (Wildman–Crippen LogP) is 0.639. The lowest BCUT2D eigenvalue weighted by Gasteiger charge is -2.34. The number of nitrogens with zero attached hydrogens (tertiary/aromatic N) is 5. The summed E-state index contributed by atoms with van der Waals surface area (Å²) in [6, 6.07) is 1.55. The molecule has 0 aromatic carbocycles. The van der Waals surface area contributed by atoms with Crippen molar-refractivity contribution < 1.29 is 13.9 Å². The third-order valence-corrected chi connectivity index (χ3v) is 7.59. The van der Waals surface area contributed by atoms with E-state index in [0.29, 0.717) is 11.8 Å². The second kappa shape index (κ2) is 5.54. The molecule has 3 fully saturated rings. The monoisotopic (exact) mass is 423 g/mol. The minimum Gasteiger partial charge on any atom is -0.475 e. The molecule has 9 nitrogen and oxygen atoms in total. The summed E-state index contributed by atoms with van der Waals surface area (Å²) in [5.74, 6) is 0.629. The molecule has 6 aliphatic rings. The van der Waals surface area contributed by atoms with Crippen LogP contribution in [-0.4, -0.2) is 57.3 Å². The Bertz CT molecular complexity index is 1110. The number of aliphatic imine (C=N–C) groups is 1. The number of hydrogen-bond acceptors (Lipinski definition) is 8. The van der Waals surface area contributed by atoms with E-state index in [4.69, 9.17) is 15.5 Å². The maximum atomic E-state index is 14.3. The molecule has 0 radical (unpaired) electrons. The molecule has 5 heterocycles. The van der Waals surface area contributed by atoms with Crippen molar-refractivity contribution >= 4 is 17.6 Å². The maximum Gasteiger partial charge on any atom is 0.235 e. The quantitative estimate of drug-likeness (QED) is 0.634. The van der Waals surface area contributed by atoms with Gasteiger partial charge in [-0.2, -0.15) is 5.10 Å². The number of nitrogens with one attached hydrogen (secondary N) is 1. The average molecular weight is 423 g/mol. The Labute approximate surface area is 177 Å². The summed E-state index contributed by atoms with van der Waals surface area (Å²) >= 11 is 0. The number of carbonyl (C=O) groups is 1. The van der Waals surface area contributed by atoms with Gasteiger partial charge in [-0.25, -0.2) is 19.4 Å². The fraction of sp³-hybridized carbons (Fsp3) is 0.524. The molecule has 1 amide bonds. The van der Waals surface area contributed by atoms with Gasteiger partial charge in [0.25, 0.3) is 0 Å². The number of carbonyl (C=O) groups excluding carboxylic acids is 1. The standard InChI is InChI=1S/C21H22FN7O2/c22-12-7-13-19(24-9-12)31-10-20(3-4-20)26-18(30)15-16(23)27-29-6-2-14(25-17(15)29)28-5-1-11-8-21(11,13)28/h2,6-7,9,11,15,17H,1,3-5,8,10H2,(H2,23,27)(H,26,30)/t11-,15?,17?,21+/m0/s1. The Morgan fingerprint density at radius 1 is 1.35 bits per heavy atom. The first-order valence-electron chi connectivity index (χ1n) is 10.8. The van der Waals surface area contributed by atoms with Crippen LogP contribution >= 0.6 is 0 Å². The smallest absolute Gasteiger partial charge is 0.235 e. The molecule has 1 aromatic heterocycles. The number of rotatable bonds is 0. The molecule has 2 unspecified atom stereocenters. The first-order chi connectivity index (χ1) is 15.0. The molecular formula is C21H22FN7O2. The fourth-order valence-corrected chi connectivity index (χ4v) is 5.69. The lowest BCUT2D eigenvalue weighted by atomic mass is 10.0. The maximum absolute atomic E-state index is 14.3. The van der Waals surface area contributed by atoms with Gasteiger partial charge in [0.15, 0.2) is 6.17 Å². The van der Waals surface area contributed by atoms with Crippen LogP contribution in [0.1, 0.15) is 31.2 Å². The van der Waals surface area contributed by atoms with Crippen molar-refractivity contribution in [3.63, 3.8) is 0 Å². The first-order valence-corrected chi connectivity index (χ1v) is 10.8. The lowest BCUT2D eigenvalue weighted by molar-refractivity contribution is -0.125. The SMILES string of the molecule is NC1=NN2C=CC3=NC2C1C(=O)NC1(CC1)COc1ncc(F)cc1[C@@]12C[C@@H]1CCN32. The van der Waals surface area contributed by atoms with Gasteiger partial charge >= 0.3 is 0 Å². The summed E-state index contributed by atoms with van der Waals surface area (Å²) in [4.78, 5) is 24.7. The normalized spacial score (nSPS) is 36.0. The molecule has 7 rings (SSSR count). The summed E-state index contributed by atoms with van der Waals surface area (Å²) in [6.45, 7) is 1.09. The predicted molar refractivity (Wildman–Crippen MR) is 108 cm³/mol. The second-order valence-electron chi connectivity index (χ2n) is 9.43. The summed E-state index contributed by atoms with van der Waals surface area (Å²) < 4.78 is 20.5. The van der Waals surface area contributed by atoms with Crippen LogP contribution in [0.15, 0.2) is 34.6 Å². The number of nitrogens with two attached hydrogens (primary N) is 1. The number of piperidine rings is 1. The Morgan fingerprint density at radius 3 is 3.03 bits per heavy atom. The highest BCUT2D eigenvalue weighted by Crippen LogP contribution is 2.64. The van der Waals surface area contributed by atoms with E-state index in [1.807, 2.05) is 12.3 Å². The summed E-state index contributed by atoms with van der Waals surface area (Å²) in [5, 5.41) is 9.12. The first kappa shape index (κ1) is 17.5. The molecule has 2 aliphatic carbocycles. The number of pyridine rings is 1. The Kier molecular flexibility index (Phi) is 3.13. The van der Waals surface area contributed by atoms with Crippen molar-refractivity contribution in [1.29, 1.82) is 0 Å². The van der Waals surface area contributed by atoms with Crippen molar-refractivity contribution in [3.05, 3.63) is 35.9 Å². The van der Waals surface area contributed by atoms with E-state index in [0.717, 1.165) is 43.6 Å². The number of halogens is 1. The topological polar surface area (TPSA) is 108 Å². The van der Waals surface area contributed by atoms with Gasteiger partial charge in [0.2, 0.25) is 11.8 Å². The number of hydrogen-bond donors (Lipinski definition) is 2. The van der Waals surface area contributed by atoms with E-state index in [1.165, 1.54) is 6.20 Å².